The van der Waals surface area contributed by atoms with Gasteiger partial charge in [0.25, 0.3) is 0 Å². The maximum absolute atomic E-state index is 10.2. The monoisotopic (exact) mass is 258 g/mol. The molecule has 0 unspecified atom stereocenters. The minimum absolute atomic E-state index is 0.194. The van der Waals surface area contributed by atoms with Crippen molar-refractivity contribution in [3.05, 3.63) is 41.5 Å². The van der Waals surface area contributed by atoms with Gasteiger partial charge in [-0.3, -0.25) is 0 Å². The van der Waals surface area contributed by atoms with Crippen molar-refractivity contribution in [2.75, 3.05) is 14.2 Å². The molecule has 0 aromatic heterocycles. The molecule has 0 radical (unpaired) electrons. The van der Waals surface area contributed by atoms with Crippen molar-refractivity contribution in [1.29, 1.82) is 0 Å². The third-order valence-electron chi connectivity index (χ3n) is 3.07. The van der Waals surface area contributed by atoms with Crippen molar-refractivity contribution in [2.24, 2.45) is 0 Å². The molecule has 0 aliphatic carbocycles. The summed E-state index contributed by atoms with van der Waals surface area (Å²) in [6.45, 7) is 3.91. The summed E-state index contributed by atoms with van der Waals surface area (Å²) < 4.78 is 10.8. The minimum atomic E-state index is 0.194. The summed E-state index contributed by atoms with van der Waals surface area (Å²) in [5.41, 5.74) is 3.53. The highest BCUT2D eigenvalue weighted by atomic mass is 16.5. The lowest BCUT2D eigenvalue weighted by molar-refractivity contribution is 0.404. The van der Waals surface area contributed by atoms with E-state index in [0.717, 1.165) is 22.4 Å². The molecule has 19 heavy (non-hydrogen) atoms. The third kappa shape index (κ3) is 2.50. The number of benzene rings is 2. The van der Waals surface area contributed by atoms with Crippen LogP contribution in [-0.2, 0) is 0 Å². The van der Waals surface area contributed by atoms with Crippen LogP contribution in [0.25, 0.3) is 11.1 Å². The normalized spacial score (nSPS) is 10.3. The van der Waals surface area contributed by atoms with Crippen LogP contribution in [0.5, 0.6) is 17.2 Å². The average molecular weight is 258 g/mol. The minimum Gasteiger partial charge on any atom is -0.507 e. The number of phenols is 1. The number of hydrogen-bond acceptors (Lipinski definition) is 3. The van der Waals surface area contributed by atoms with Crippen LogP contribution in [0.4, 0.5) is 0 Å². The molecule has 2 rings (SSSR count). The Bertz CT molecular complexity index is 603. The molecule has 0 fully saturated rings. The largest absolute Gasteiger partial charge is 0.507 e. The zero-order valence-corrected chi connectivity index (χ0v) is 11.7. The van der Waals surface area contributed by atoms with Crippen LogP contribution in [0, 0.1) is 13.8 Å². The number of methoxy groups -OCH3 is 2. The lowest BCUT2D eigenvalue weighted by atomic mass is 9.99. The number of aryl methyl sites for hydroxylation is 2. The van der Waals surface area contributed by atoms with Gasteiger partial charge < -0.3 is 14.6 Å². The molecule has 0 bridgehead atoms. The molecular formula is C16H18O3. The maximum atomic E-state index is 10.2. The number of aromatic hydroxyl groups is 1. The topological polar surface area (TPSA) is 38.7 Å². The highest BCUT2D eigenvalue weighted by Gasteiger charge is 2.16. The first-order chi connectivity index (χ1) is 9.06. The van der Waals surface area contributed by atoms with Crippen LogP contribution >= 0.6 is 0 Å². The number of phenolic OH excluding ortho intramolecular Hbond substituents is 1. The van der Waals surface area contributed by atoms with Gasteiger partial charge in [-0.05, 0) is 43.2 Å². The molecule has 0 atom stereocenters. The molecule has 0 saturated carbocycles. The van der Waals surface area contributed by atoms with Crippen LogP contribution in [0.1, 0.15) is 11.1 Å². The van der Waals surface area contributed by atoms with E-state index in [-0.39, 0.29) is 5.75 Å². The summed E-state index contributed by atoms with van der Waals surface area (Å²) in [5, 5.41) is 10.2. The summed E-state index contributed by atoms with van der Waals surface area (Å²) in [7, 11) is 3.22. The first kappa shape index (κ1) is 13.3. The molecule has 2 aromatic carbocycles. The van der Waals surface area contributed by atoms with Gasteiger partial charge >= 0.3 is 0 Å². The van der Waals surface area contributed by atoms with E-state index in [1.807, 2.05) is 38.1 Å². The van der Waals surface area contributed by atoms with Crippen molar-refractivity contribution in [3.63, 3.8) is 0 Å². The van der Waals surface area contributed by atoms with Gasteiger partial charge in [0.1, 0.15) is 17.2 Å². The Labute approximate surface area is 113 Å². The average Bonchev–Trinajstić information content (AvgIpc) is 2.38. The number of ether oxygens (including phenoxy) is 2. The van der Waals surface area contributed by atoms with Crippen LogP contribution in [0.2, 0.25) is 0 Å². The molecule has 2 aromatic rings. The number of rotatable bonds is 3. The predicted molar refractivity (Wildman–Crippen MR) is 76.1 cm³/mol. The van der Waals surface area contributed by atoms with Crippen molar-refractivity contribution in [2.45, 2.75) is 13.8 Å². The second-order valence-electron chi connectivity index (χ2n) is 4.57. The molecule has 0 aliphatic rings. The molecule has 1 N–H and O–H groups in total. The lowest BCUT2D eigenvalue weighted by Crippen LogP contribution is -1.93. The van der Waals surface area contributed by atoms with Crippen LogP contribution in [0.15, 0.2) is 30.3 Å². The van der Waals surface area contributed by atoms with Gasteiger partial charge in [-0.25, -0.2) is 0 Å². The van der Waals surface area contributed by atoms with E-state index in [9.17, 15) is 5.11 Å². The first-order valence-corrected chi connectivity index (χ1v) is 6.09. The smallest absolute Gasteiger partial charge is 0.130 e. The Balaban J connectivity index is 2.71. The van der Waals surface area contributed by atoms with E-state index in [0.29, 0.717) is 11.3 Å². The van der Waals surface area contributed by atoms with E-state index in [1.165, 1.54) is 0 Å². The van der Waals surface area contributed by atoms with Gasteiger partial charge in [-0.1, -0.05) is 12.1 Å². The Morgan fingerprint density at radius 3 is 2.11 bits per heavy atom. The van der Waals surface area contributed by atoms with Crippen molar-refractivity contribution in [1.82, 2.24) is 0 Å². The molecule has 0 amide bonds. The van der Waals surface area contributed by atoms with Gasteiger partial charge in [0.2, 0.25) is 0 Å². The van der Waals surface area contributed by atoms with Crippen molar-refractivity contribution in [3.8, 4) is 28.4 Å². The van der Waals surface area contributed by atoms with Crippen LogP contribution in [0.3, 0.4) is 0 Å². The fourth-order valence-electron chi connectivity index (χ4n) is 2.17. The Kier molecular flexibility index (Phi) is 3.65. The second-order valence-corrected chi connectivity index (χ2v) is 4.57. The molecule has 3 heteroatoms. The van der Waals surface area contributed by atoms with Gasteiger partial charge in [0.05, 0.1) is 19.8 Å². The second kappa shape index (κ2) is 5.22. The highest BCUT2D eigenvalue weighted by molar-refractivity contribution is 5.81. The Morgan fingerprint density at radius 1 is 0.842 bits per heavy atom. The first-order valence-electron chi connectivity index (χ1n) is 6.09. The van der Waals surface area contributed by atoms with Gasteiger partial charge in [-0.15, -0.1) is 0 Å². The molecular weight excluding hydrogens is 240 g/mol. The van der Waals surface area contributed by atoms with Gasteiger partial charge in [0.15, 0.2) is 0 Å². The highest BCUT2D eigenvalue weighted by Crippen LogP contribution is 2.43. The van der Waals surface area contributed by atoms with Gasteiger partial charge in [0, 0.05) is 5.56 Å². The van der Waals surface area contributed by atoms with Gasteiger partial charge in [-0.2, -0.15) is 0 Å². The Morgan fingerprint density at radius 2 is 1.47 bits per heavy atom. The van der Waals surface area contributed by atoms with E-state index in [2.05, 4.69) is 0 Å². The fraction of sp³-hybridized carbons (Fsp3) is 0.250. The lowest BCUT2D eigenvalue weighted by Gasteiger charge is -2.15. The molecule has 3 nitrogen and oxygen atoms in total. The van der Waals surface area contributed by atoms with E-state index < -0.39 is 0 Å². The molecule has 0 spiro atoms. The summed E-state index contributed by atoms with van der Waals surface area (Å²) >= 11 is 0. The number of hydrogen-bond donors (Lipinski definition) is 1. The molecule has 0 aliphatic heterocycles. The summed E-state index contributed by atoms with van der Waals surface area (Å²) in [4.78, 5) is 0. The SMILES string of the molecule is COc1cc(C)ccc1-c1c(O)cc(C)cc1OC. The zero-order valence-electron chi connectivity index (χ0n) is 11.7. The molecule has 0 heterocycles. The van der Waals surface area contributed by atoms with Crippen LogP contribution < -0.4 is 9.47 Å². The van der Waals surface area contributed by atoms with Crippen LogP contribution in [-0.4, -0.2) is 19.3 Å². The maximum Gasteiger partial charge on any atom is 0.130 e. The summed E-state index contributed by atoms with van der Waals surface area (Å²) in [6, 6.07) is 9.47. The molecule has 100 valence electrons. The quantitative estimate of drug-likeness (QED) is 0.912. The van der Waals surface area contributed by atoms with E-state index in [1.54, 1.807) is 20.3 Å². The standard InChI is InChI=1S/C16H18O3/c1-10-5-6-12(14(8-10)18-3)16-13(17)7-11(2)9-15(16)19-4/h5-9,17H,1-4H3. The molecule has 0 saturated heterocycles. The predicted octanol–water partition coefficient (Wildman–Crippen LogP) is 3.69. The van der Waals surface area contributed by atoms with E-state index in [4.69, 9.17) is 9.47 Å². The zero-order chi connectivity index (χ0) is 14.0. The van der Waals surface area contributed by atoms with E-state index >= 15 is 0 Å². The summed E-state index contributed by atoms with van der Waals surface area (Å²) in [5.74, 6) is 1.55. The van der Waals surface area contributed by atoms with Crippen molar-refractivity contribution < 1.29 is 14.6 Å². The van der Waals surface area contributed by atoms with Crippen molar-refractivity contribution >= 4 is 0 Å². The fourth-order valence-corrected chi connectivity index (χ4v) is 2.17. The Hall–Kier alpha value is -2.16. The third-order valence-corrected chi connectivity index (χ3v) is 3.07. The summed E-state index contributed by atoms with van der Waals surface area (Å²) in [6.07, 6.45) is 0.